The molecule has 0 radical (unpaired) electrons. The number of hydrogen-bond donors (Lipinski definition) is 1. The molecule has 1 N–H and O–H groups in total. The molecule has 100 valence electrons. The summed E-state index contributed by atoms with van der Waals surface area (Å²) in [5.74, 6) is -0.198. The molecule has 2 nitrogen and oxygen atoms in total. The van der Waals surface area contributed by atoms with E-state index >= 15 is 0 Å². The zero-order valence-electron chi connectivity index (χ0n) is 11.8. The molecule has 0 aliphatic heterocycles. The second-order valence-electron chi connectivity index (χ2n) is 5.66. The molecule has 0 saturated carbocycles. The van der Waals surface area contributed by atoms with Crippen LogP contribution in [-0.4, -0.2) is 25.7 Å². The average molecular weight is 250 g/mol. The molecule has 0 unspecified atom stereocenters. The Labute approximate surface area is 110 Å². The maximum absolute atomic E-state index is 13.6. The number of para-hydroxylation sites is 1. The minimum atomic E-state index is -0.198. The lowest BCUT2D eigenvalue weighted by molar-refractivity contribution is 0.443. The first kappa shape index (κ1) is 14.7. The summed E-state index contributed by atoms with van der Waals surface area (Å²) in [6.07, 6.45) is 0. The Morgan fingerprint density at radius 1 is 1.33 bits per heavy atom. The number of anilines is 1. The van der Waals surface area contributed by atoms with Crippen molar-refractivity contribution in [3.8, 4) is 0 Å². The molecule has 0 fully saturated rings. The van der Waals surface area contributed by atoms with Gasteiger partial charge in [-0.1, -0.05) is 18.7 Å². The maximum atomic E-state index is 13.6. The summed E-state index contributed by atoms with van der Waals surface area (Å²) in [4.78, 5) is 1.88. The predicted octanol–water partition coefficient (Wildman–Crippen LogP) is 3.21. The van der Waals surface area contributed by atoms with Crippen LogP contribution in [0.25, 0.3) is 0 Å². The fourth-order valence-corrected chi connectivity index (χ4v) is 1.63. The highest BCUT2D eigenvalue weighted by Gasteiger charge is 2.11. The van der Waals surface area contributed by atoms with Crippen LogP contribution >= 0.6 is 0 Å². The normalized spacial score (nSPS) is 11.4. The van der Waals surface area contributed by atoms with E-state index in [4.69, 9.17) is 0 Å². The third-order valence-corrected chi connectivity index (χ3v) is 2.59. The number of nitrogens with zero attached hydrogens (tertiary/aromatic N) is 1. The van der Waals surface area contributed by atoms with Gasteiger partial charge in [-0.3, -0.25) is 0 Å². The third-order valence-electron chi connectivity index (χ3n) is 2.59. The Morgan fingerprint density at radius 3 is 2.50 bits per heavy atom. The molecule has 3 heteroatoms. The molecule has 0 bridgehead atoms. The van der Waals surface area contributed by atoms with Crippen molar-refractivity contribution in [1.82, 2.24) is 5.32 Å². The zero-order valence-corrected chi connectivity index (χ0v) is 11.8. The van der Waals surface area contributed by atoms with Crippen molar-refractivity contribution in [1.29, 1.82) is 0 Å². The molecular weight excluding hydrogens is 227 g/mol. The molecular formula is C15H23FN2. The van der Waals surface area contributed by atoms with Gasteiger partial charge in [-0.25, -0.2) is 4.39 Å². The van der Waals surface area contributed by atoms with E-state index in [-0.39, 0.29) is 11.4 Å². The van der Waals surface area contributed by atoms with Crippen LogP contribution < -0.4 is 10.2 Å². The number of benzene rings is 1. The topological polar surface area (TPSA) is 15.3 Å². The minimum absolute atomic E-state index is 0.0690. The number of rotatable bonds is 5. The summed E-state index contributed by atoms with van der Waals surface area (Å²) in [7, 11) is 1.88. The van der Waals surface area contributed by atoms with Gasteiger partial charge >= 0.3 is 0 Å². The highest BCUT2D eigenvalue weighted by molar-refractivity contribution is 5.47. The molecule has 0 spiro atoms. The van der Waals surface area contributed by atoms with E-state index in [1.165, 1.54) is 6.07 Å². The summed E-state index contributed by atoms with van der Waals surface area (Å²) in [5.41, 5.74) is 1.71. The number of halogens is 1. The Balaban J connectivity index is 2.53. The Hall–Kier alpha value is -1.35. The van der Waals surface area contributed by atoms with Gasteiger partial charge in [0.2, 0.25) is 0 Å². The molecule has 0 heterocycles. The van der Waals surface area contributed by atoms with Crippen molar-refractivity contribution in [3.05, 3.63) is 42.2 Å². The van der Waals surface area contributed by atoms with Crippen molar-refractivity contribution in [2.24, 2.45) is 0 Å². The molecule has 0 aromatic heterocycles. The summed E-state index contributed by atoms with van der Waals surface area (Å²) in [6.45, 7) is 11.7. The first-order chi connectivity index (χ1) is 8.29. The second-order valence-corrected chi connectivity index (χ2v) is 5.66. The monoisotopic (exact) mass is 250 g/mol. The first-order valence-corrected chi connectivity index (χ1v) is 6.17. The Kier molecular flexibility index (Phi) is 4.91. The third kappa shape index (κ3) is 4.88. The molecule has 18 heavy (non-hydrogen) atoms. The first-order valence-electron chi connectivity index (χ1n) is 6.17. The van der Waals surface area contributed by atoms with Crippen LogP contribution in [0.2, 0.25) is 0 Å². The number of hydrogen-bond acceptors (Lipinski definition) is 2. The highest BCUT2D eigenvalue weighted by atomic mass is 19.1. The molecule has 0 amide bonds. The van der Waals surface area contributed by atoms with Gasteiger partial charge in [0, 0.05) is 25.7 Å². The van der Waals surface area contributed by atoms with Crippen molar-refractivity contribution in [2.75, 3.05) is 25.0 Å². The van der Waals surface area contributed by atoms with Crippen LogP contribution in [0.5, 0.6) is 0 Å². The van der Waals surface area contributed by atoms with Crippen molar-refractivity contribution >= 4 is 5.69 Å². The van der Waals surface area contributed by atoms with E-state index in [0.29, 0.717) is 12.2 Å². The zero-order chi connectivity index (χ0) is 13.8. The van der Waals surface area contributed by atoms with Gasteiger partial charge in [0.05, 0.1) is 5.69 Å². The van der Waals surface area contributed by atoms with Crippen molar-refractivity contribution in [3.63, 3.8) is 0 Å². The van der Waals surface area contributed by atoms with Crippen LogP contribution in [0, 0.1) is 5.82 Å². The van der Waals surface area contributed by atoms with Crippen LogP contribution in [0.15, 0.2) is 36.4 Å². The largest absolute Gasteiger partial charge is 0.368 e. The molecule has 1 rings (SSSR count). The van der Waals surface area contributed by atoms with Gasteiger partial charge < -0.3 is 10.2 Å². The van der Waals surface area contributed by atoms with E-state index in [0.717, 1.165) is 12.1 Å². The van der Waals surface area contributed by atoms with Gasteiger partial charge in [-0.05, 0) is 38.5 Å². The number of likely N-dealkylation sites (N-methyl/N-ethyl adjacent to an activating group) is 1. The fourth-order valence-electron chi connectivity index (χ4n) is 1.63. The lowest BCUT2D eigenvalue weighted by Gasteiger charge is -2.25. The van der Waals surface area contributed by atoms with Gasteiger partial charge in [0.15, 0.2) is 0 Å². The van der Waals surface area contributed by atoms with Crippen LogP contribution in [0.4, 0.5) is 10.1 Å². The van der Waals surface area contributed by atoms with Gasteiger partial charge in [-0.2, -0.15) is 0 Å². The fraction of sp³-hybridized carbons (Fsp3) is 0.467. The van der Waals surface area contributed by atoms with Crippen molar-refractivity contribution < 1.29 is 4.39 Å². The van der Waals surface area contributed by atoms with E-state index in [9.17, 15) is 4.39 Å². The highest BCUT2D eigenvalue weighted by Crippen LogP contribution is 2.17. The molecule has 0 atom stereocenters. The van der Waals surface area contributed by atoms with E-state index in [1.54, 1.807) is 12.1 Å². The molecule has 0 saturated heterocycles. The number of nitrogens with one attached hydrogen (secondary N) is 1. The van der Waals surface area contributed by atoms with Crippen LogP contribution in [-0.2, 0) is 0 Å². The van der Waals surface area contributed by atoms with E-state index in [2.05, 4.69) is 32.7 Å². The summed E-state index contributed by atoms with van der Waals surface area (Å²) in [5, 5.41) is 3.37. The molecule has 1 aromatic rings. The second kappa shape index (κ2) is 6.01. The minimum Gasteiger partial charge on any atom is -0.368 e. The van der Waals surface area contributed by atoms with E-state index in [1.807, 2.05) is 18.0 Å². The summed E-state index contributed by atoms with van der Waals surface area (Å²) in [6, 6.07) is 6.79. The predicted molar refractivity (Wildman–Crippen MR) is 76.6 cm³/mol. The summed E-state index contributed by atoms with van der Waals surface area (Å²) < 4.78 is 13.6. The Morgan fingerprint density at radius 2 is 1.94 bits per heavy atom. The standard InChI is InChI=1S/C15H23FN2/c1-12(10-17-15(2,3)4)11-18(5)14-9-7-6-8-13(14)16/h6-9,17H,1,10-11H2,2-5H3. The van der Waals surface area contributed by atoms with Crippen LogP contribution in [0.3, 0.4) is 0 Å². The molecule has 0 aliphatic carbocycles. The SMILES string of the molecule is C=C(CNC(C)(C)C)CN(C)c1ccccc1F. The van der Waals surface area contributed by atoms with Crippen molar-refractivity contribution in [2.45, 2.75) is 26.3 Å². The Bertz CT molecular complexity index is 407. The lowest BCUT2D eigenvalue weighted by Crippen LogP contribution is -2.38. The molecule has 0 aliphatic rings. The summed E-state index contributed by atoms with van der Waals surface area (Å²) >= 11 is 0. The lowest BCUT2D eigenvalue weighted by atomic mass is 10.1. The maximum Gasteiger partial charge on any atom is 0.146 e. The average Bonchev–Trinajstić information content (AvgIpc) is 2.26. The van der Waals surface area contributed by atoms with Gasteiger partial charge in [-0.15, -0.1) is 0 Å². The molecule has 1 aromatic carbocycles. The van der Waals surface area contributed by atoms with Gasteiger partial charge in [0.25, 0.3) is 0 Å². The van der Waals surface area contributed by atoms with Crippen LogP contribution in [0.1, 0.15) is 20.8 Å². The quantitative estimate of drug-likeness (QED) is 0.807. The van der Waals surface area contributed by atoms with E-state index < -0.39 is 0 Å². The smallest absolute Gasteiger partial charge is 0.146 e. The van der Waals surface area contributed by atoms with Gasteiger partial charge in [0.1, 0.15) is 5.82 Å².